The van der Waals surface area contributed by atoms with Crippen LogP contribution in [0.3, 0.4) is 0 Å². The fourth-order valence-corrected chi connectivity index (χ4v) is 3.85. The minimum Gasteiger partial charge on any atom is -0.494 e. The molecule has 2 aromatic rings. The van der Waals surface area contributed by atoms with Crippen molar-refractivity contribution in [3.8, 4) is 5.75 Å². The van der Waals surface area contributed by atoms with Crippen LogP contribution in [0.25, 0.3) is 0 Å². The van der Waals surface area contributed by atoms with E-state index in [4.69, 9.17) is 4.74 Å². The predicted molar refractivity (Wildman–Crippen MR) is 110 cm³/mol. The lowest BCUT2D eigenvalue weighted by Gasteiger charge is -2.41. The van der Waals surface area contributed by atoms with Crippen molar-refractivity contribution >= 4 is 0 Å². The predicted octanol–water partition coefficient (Wildman–Crippen LogP) is 3.46. The molecule has 3 rings (SSSR count). The Morgan fingerprint density at radius 2 is 1.81 bits per heavy atom. The van der Waals surface area contributed by atoms with E-state index in [9.17, 15) is 5.11 Å². The van der Waals surface area contributed by atoms with Crippen LogP contribution in [0.5, 0.6) is 5.75 Å². The van der Waals surface area contributed by atoms with E-state index in [1.54, 1.807) is 0 Å². The third-order valence-electron chi connectivity index (χ3n) is 5.43. The summed E-state index contributed by atoms with van der Waals surface area (Å²) in [6.45, 7) is 10.1. The summed E-state index contributed by atoms with van der Waals surface area (Å²) in [6, 6.07) is 17.4. The third-order valence-corrected chi connectivity index (χ3v) is 5.43. The molecule has 1 saturated heterocycles. The van der Waals surface area contributed by atoms with Gasteiger partial charge in [0.1, 0.15) is 5.75 Å². The molecule has 0 spiro atoms. The zero-order valence-corrected chi connectivity index (χ0v) is 16.6. The Balaban J connectivity index is 1.60. The summed E-state index contributed by atoms with van der Waals surface area (Å²) in [7, 11) is 0. The van der Waals surface area contributed by atoms with E-state index in [-0.39, 0.29) is 6.61 Å². The fraction of sp³-hybridized carbons (Fsp3) is 0.478. The topological polar surface area (TPSA) is 35.9 Å². The van der Waals surface area contributed by atoms with Gasteiger partial charge in [0.15, 0.2) is 0 Å². The van der Waals surface area contributed by atoms with Gasteiger partial charge in [-0.25, -0.2) is 0 Å². The zero-order chi connectivity index (χ0) is 19.1. The summed E-state index contributed by atoms with van der Waals surface area (Å²) in [5, 5.41) is 9.55. The molecule has 1 aliphatic heterocycles. The summed E-state index contributed by atoms with van der Waals surface area (Å²) in [6.07, 6.45) is 0.825. The van der Waals surface area contributed by atoms with E-state index in [1.807, 2.05) is 6.92 Å². The maximum absolute atomic E-state index is 9.55. The first-order chi connectivity index (χ1) is 13.2. The first-order valence-electron chi connectivity index (χ1n) is 10.0. The van der Waals surface area contributed by atoms with Crippen LogP contribution >= 0.6 is 0 Å². The fourth-order valence-electron chi connectivity index (χ4n) is 3.85. The van der Waals surface area contributed by atoms with Gasteiger partial charge in [0.05, 0.1) is 6.61 Å². The molecule has 0 aromatic heterocycles. The monoisotopic (exact) mass is 368 g/mol. The third kappa shape index (κ3) is 5.55. The molecule has 1 heterocycles. The van der Waals surface area contributed by atoms with Gasteiger partial charge in [-0.3, -0.25) is 9.80 Å². The molecule has 1 fully saturated rings. The molecule has 0 radical (unpaired) electrons. The van der Waals surface area contributed by atoms with Crippen LogP contribution in [0.2, 0.25) is 0 Å². The van der Waals surface area contributed by atoms with Crippen LogP contribution < -0.4 is 4.74 Å². The number of hydrogen-bond donors (Lipinski definition) is 1. The molecule has 4 nitrogen and oxygen atoms in total. The number of aliphatic hydroxyl groups is 1. The smallest absolute Gasteiger partial charge is 0.119 e. The van der Waals surface area contributed by atoms with Crippen molar-refractivity contribution in [2.75, 3.05) is 32.8 Å². The van der Waals surface area contributed by atoms with Gasteiger partial charge in [0, 0.05) is 45.4 Å². The second-order valence-electron chi connectivity index (χ2n) is 7.38. The van der Waals surface area contributed by atoms with Crippen molar-refractivity contribution in [2.24, 2.45) is 0 Å². The summed E-state index contributed by atoms with van der Waals surface area (Å²) >= 11 is 0. The molecule has 0 aliphatic carbocycles. The van der Waals surface area contributed by atoms with Crippen molar-refractivity contribution in [1.29, 1.82) is 0 Å². The maximum atomic E-state index is 9.55. The Hall–Kier alpha value is -1.88. The van der Waals surface area contributed by atoms with Crippen LogP contribution in [-0.4, -0.2) is 53.8 Å². The molecule has 0 saturated carbocycles. The number of nitrogens with zero attached hydrogens (tertiary/aromatic N) is 2. The second kappa shape index (κ2) is 9.88. The first-order valence-corrected chi connectivity index (χ1v) is 10.0. The van der Waals surface area contributed by atoms with E-state index >= 15 is 0 Å². The minimum atomic E-state index is 0.242. The number of ether oxygens (including phenoxy) is 1. The summed E-state index contributed by atoms with van der Waals surface area (Å²) in [5.74, 6) is 0.933. The maximum Gasteiger partial charge on any atom is 0.119 e. The zero-order valence-electron chi connectivity index (χ0n) is 16.6. The second-order valence-corrected chi connectivity index (χ2v) is 7.38. The van der Waals surface area contributed by atoms with Gasteiger partial charge in [-0.05, 0) is 49.1 Å². The number of benzene rings is 2. The van der Waals surface area contributed by atoms with E-state index in [2.05, 4.69) is 65.3 Å². The standard InChI is InChI=1S/C23H32N2O2/c1-3-27-23-10-8-20(9-11-23)16-24-13-14-25(22(18-24)12-15-26)17-21-7-5-4-6-19(21)2/h4-11,22,26H,3,12-18H2,1-2H3. The Morgan fingerprint density at radius 3 is 2.52 bits per heavy atom. The van der Waals surface area contributed by atoms with E-state index in [0.29, 0.717) is 12.6 Å². The summed E-state index contributed by atoms with van der Waals surface area (Å²) in [5.41, 5.74) is 4.05. The number of rotatable bonds is 8. The molecule has 2 aromatic carbocycles. The highest BCUT2D eigenvalue weighted by atomic mass is 16.5. The van der Waals surface area contributed by atoms with Gasteiger partial charge < -0.3 is 9.84 Å². The first kappa shape index (κ1) is 19.9. The number of hydrogen-bond acceptors (Lipinski definition) is 4. The van der Waals surface area contributed by atoms with Crippen molar-refractivity contribution in [2.45, 2.75) is 39.4 Å². The van der Waals surface area contributed by atoms with E-state index < -0.39 is 0 Å². The number of piperazine rings is 1. The average molecular weight is 369 g/mol. The van der Waals surface area contributed by atoms with Crippen LogP contribution in [0.15, 0.2) is 48.5 Å². The Kier molecular flexibility index (Phi) is 7.27. The van der Waals surface area contributed by atoms with Crippen LogP contribution in [-0.2, 0) is 13.1 Å². The Labute approximate surface area is 163 Å². The molecule has 4 heteroatoms. The molecule has 1 unspecified atom stereocenters. The Morgan fingerprint density at radius 1 is 1.04 bits per heavy atom. The minimum absolute atomic E-state index is 0.242. The lowest BCUT2D eigenvalue weighted by Crippen LogP contribution is -2.52. The van der Waals surface area contributed by atoms with Crippen molar-refractivity contribution in [1.82, 2.24) is 9.80 Å². The number of aryl methyl sites for hydroxylation is 1. The SMILES string of the molecule is CCOc1ccc(CN2CCN(Cc3ccccc3C)C(CCO)C2)cc1. The van der Waals surface area contributed by atoms with E-state index in [1.165, 1.54) is 16.7 Å². The van der Waals surface area contributed by atoms with Gasteiger partial charge in [-0.2, -0.15) is 0 Å². The van der Waals surface area contributed by atoms with Crippen LogP contribution in [0, 0.1) is 6.92 Å². The quantitative estimate of drug-likeness (QED) is 0.774. The Bertz CT molecular complexity index is 702. The molecule has 146 valence electrons. The van der Waals surface area contributed by atoms with Gasteiger partial charge in [0.25, 0.3) is 0 Å². The summed E-state index contributed by atoms with van der Waals surface area (Å²) < 4.78 is 5.53. The van der Waals surface area contributed by atoms with Gasteiger partial charge in [-0.1, -0.05) is 36.4 Å². The number of aliphatic hydroxyl groups excluding tert-OH is 1. The lowest BCUT2D eigenvalue weighted by atomic mass is 10.0. The van der Waals surface area contributed by atoms with Gasteiger partial charge in [0.2, 0.25) is 0 Å². The molecular weight excluding hydrogens is 336 g/mol. The molecule has 27 heavy (non-hydrogen) atoms. The van der Waals surface area contributed by atoms with Crippen LogP contribution in [0.4, 0.5) is 0 Å². The lowest BCUT2D eigenvalue weighted by molar-refractivity contribution is 0.0498. The van der Waals surface area contributed by atoms with Crippen LogP contribution in [0.1, 0.15) is 30.0 Å². The van der Waals surface area contributed by atoms with Gasteiger partial charge in [-0.15, -0.1) is 0 Å². The van der Waals surface area contributed by atoms with Crippen molar-refractivity contribution < 1.29 is 9.84 Å². The largest absolute Gasteiger partial charge is 0.494 e. The average Bonchev–Trinajstić information content (AvgIpc) is 2.67. The highest BCUT2D eigenvalue weighted by molar-refractivity contribution is 5.27. The summed E-state index contributed by atoms with van der Waals surface area (Å²) in [4.78, 5) is 5.04. The molecule has 0 bridgehead atoms. The molecule has 0 amide bonds. The highest BCUT2D eigenvalue weighted by Gasteiger charge is 2.26. The van der Waals surface area contributed by atoms with E-state index in [0.717, 1.165) is 44.9 Å². The molecule has 1 N–H and O–H groups in total. The van der Waals surface area contributed by atoms with Crippen molar-refractivity contribution in [3.05, 3.63) is 65.2 Å². The molecule has 1 aliphatic rings. The van der Waals surface area contributed by atoms with Crippen molar-refractivity contribution in [3.63, 3.8) is 0 Å². The molecule has 1 atom stereocenters. The highest BCUT2D eigenvalue weighted by Crippen LogP contribution is 2.20. The normalized spacial score (nSPS) is 18.6. The molecular formula is C23H32N2O2. The van der Waals surface area contributed by atoms with Gasteiger partial charge >= 0.3 is 0 Å².